The number of benzene rings is 3. The number of hydrogen-bond donors (Lipinski definition) is 2. The maximum Gasteiger partial charge on any atom is 0.232 e. The van der Waals surface area contributed by atoms with Gasteiger partial charge in [0.1, 0.15) is 29.4 Å². The van der Waals surface area contributed by atoms with Gasteiger partial charge in [0.15, 0.2) is 0 Å². The number of anilines is 2. The highest BCUT2D eigenvalue weighted by atomic mass is 16.5. The third-order valence-corrected chi connectivity index (χ3v) is 4.06. The van der Waals surface area contributed by atoms with E-state index < -0.39 is 0 Å². The van der Waals surface area contributed by atoms with Crippen molar-refractivity contribution in [3.05, 3.63) is 85.2 Å². The SMILES string of the molecule is Nc1ccc(Oc2ncnc(N)c2-c2ccc(Oc3ccccc3)cc2)cc1. The topological polar surface area (TPSA) is 96.3 Å². The minimum absolute atomic E-state index is 0.331. The molecule has 6 heteroatoms. The van der Waals surface area contributed by atoms with Crippen molar-refractivity contribution in [3.8, 4) is 34.3 Å². The Labute approximate surface area is 162 Å². The van der Waals surface area contributed by atoms with Crippen LogP contribution in [0.3, 0.4) is 0 Å². The number of nitrogen functional groups attached to an aromatic ring is 2. The molecule has 0 aliphatic rings. The number of nitrogens with zero attached hydrogens (tertiary/aromatic N) is 2. The largest absolute Gasteiger partial charge is 0.457 e. The van der Waals surface area contributed by atoms with Gasteiger partial charge in [0.25, 0.3) is 0 Å². The number of nitrogens with two attached hydrogens (primary N) is 2. The molecule has 4 rings (SSSR count). The van der Waals surface area contributed by atoms with Crippen LogP contribution in [-0.2, 0) is 0 Å². The molecule has 0 unspecified atom stereocenters. The zero-order valence-corrected chi connectivity index (χ0v) is 14.9. The van der Waals surface area contributed by atoms with Crippen LogP contribution >= 0.6 is 0 Å². The summed E-state index contributed by atoms with van der Waals surface area (Å²) >= 11 is 0. The van der Waals surface area contributed by atoms with Crippen LogP contribution in [0.15, 0.2) is 85.2 Å². The lowest BCUT2D eigenvalue weighted by molar-refractivity contribution is 0.464. The maximum atomic E-state index is 6.11. The summed E-state index contributed by atoms with van der Waals surface area (Å²) in [5, 5.41) is 0. The van der Waals surface area contributed by atoms with Crippen LogP contribution in [0.1, 0.15) is 0 Å². The highest BCUT2D eigenvalue weighted by molar-refractivity contribution is 5.78. The molecule has 0 fully saturated rings. The van der Waals surface area contributed by atoms with Gasteiger partial charge in [0, 0.05) is 5.69 Å². The number of ether oxygens (including phenoxy) is 2. The number of rotatable bonds is 5. The van der Waals surface area contributed by atoms with Crippen LogP contribution in [0.25, 0.3) is 11.1 Å². The van der Waals surface area contributed by atoms with Crippen molar-refractivity contribution in [1.82, 2.24) is 9.97 Å². The molecule has 138 valence electrons. The number of aromatic nitrogens is 2. The second kappa shape index (κ2) is 7.67. The van der Waals surface area contributed by atoms with Crippen molar-refractivity contribution in [2.45, 2.75) is 0 Å². The van der Waals surface area contributed by atoms with Crippen LogP contribution in [0.2, 0.25) is 0 Å². The molecule has 0 amide bonds. The van der Waals surface area contributed by atoms with E-state index in [0.29, 0.717) is 34.4 Å². The third-order valence-electron chi connectivity index (χ3n) is 4.06. The molecule has 0 aliphatic carbocycles. The van der Waals surface area contributed by atoms with Crippen molar-refractivity contribution in [2.75, 3.05) is 11.5 Å². The van der Waals surface area contributed by atoms with Crippen molar-refractivity contribution in [3.63, 3.8) is 0 Å². The summed E-state index contributed by atoms with van der Waals surface area (Å²) in [7, 11) is 0. The third kappa shape index (κ3) is 3.86. The molecule has 4 N–H and O–H groups in total. The van der Waals surface area contributed by atoms with E-state index in [4.69, 9.17) is 20.9 Å². The van der Waals surface area contributed by atoms with Gasteiger partial charge in [0.2, 0.25) is 5.88 Å². The molecule has 3 aromatic carbocycles. The predicted octanol–water partition coefficient (Wildman–Crippen LogP) is 4.89. The Morgan fingerprint density at radius 2 is 1.21 bits per heavy atom. The fourth-order valence-electron chi connectivity index (χ4n) is 2.69. The Kier molecular flexibility index (Phi) is 4.76. The standard InChI is InChI=1S/C22H18N4O2/c23-16-8-12-19(13-9-16)28-22-20(21(24)25-14-26-22)15-6-10-18(11-7-15)27-17-4-2-1-3-5-17/h1-14H,23H2,(H2,24,25,26). The van der Waals surface area contributed by atoms with Crippen LogP contribution < -0.4 is 20.9 Å². The highest BCUT2D eigenvalue weighted by Crippen LogP contribution is 2.36. The summed E-state index contributed by atoms with van der Waals surface area (Å²) in [5.74, 6) is 2.79. The van der Waals surface area contributed by atoms with E-state index in [2.05, 4.69) is 9.97 Å². The number of hydrogen-bond acceptors (Lipinski definition) is 6. The summed E-state index contributed by atoms with van der Waals surface area (Å²) in [4.78, 5) is 8.35. The monoisotopic (exact) mass is 370 g/mol. The first-order valence-corrected chi connectivity index (χ1v) is 8.66. The van der Waals surface area contributed by atoms with E-state index in [0.717, 1.165) is 11.3 Å². The van der Waals surface area contributed by atoms with Crippen molar-refractivity contribution < 1.29 is 9.47 Å². The van der Waals surface area contributed by atoms with E-state index in [1.807, 2.05) is 54.6 Å². The van der Waals surface area contributed by atoms with Gasteiger partial charge in [-0.1, -0.05) is 30.3 Å². The molecular formula is C22H18N4O2. The molecule has 0 radical (unpaired) electrons. The Bertz CT molecular complexity index is 1070. The van der Waals surface area contributed by atoms with E-state index in [1.54, 1.807) is 24.3 Å². The van der Waals surface area contributed by atoms with Crippen molar-refractivity contribution in [1.29, 1.82) is 0 Å². The van der Waals surface area contributed by atoms with Crippen LogP contribution in [-0.4, -0.2) is 9.97 Å². The summed E-state index contributed by atoms with van der Waals surface area (Å²) < 4.78 is 11.7. The minimum atomic E-state index is 0.331. The van der Waals surface area contributed by atoms with Gasteiger partial charge in [-0.05, 0) is 54.1 Å². The second-order valence-corrected chi connectivity index (χ2v) is 6.05. The smallest absolute Gasteiger partial charge is 0.232 e. The fraction of sp³-hybridized carbons (Fsp3) is 0. The lowest BCUT2D eigenvalue weighted by atomic mass is 10.1. The molecule has 1 aromatic heterocycles. The average molecular weight is 370 g/mol. The average Bonchev–Trinajstić information content (AvgIpc) is 2.72. The van der Waals surface area contributed by atoms with Gasteiger partial charge in [0.05, 0.1) is 5.56 Å². The number of para-hydroxylation sites is 1. The Morgan fingerprint density at radius 1 is 0.607 bits per heavy atom. The van der Waals surface area contributed by atoms with Crippen LogP contribution in [0.5, 0.6) is 23.1 Å². The maximum absolute atomic E-state index is 6.11. The fourth-order valence-corrected chi connectivity index (χ4v) is 2.69. The van der Waals surface area contributed by atoms with Gasteiger partial charge in [-0.25, -0.2) is 9.97 Å². The van der Waals surface area contributed by atoms with E-state index in [-0.39, 0.29) is 0 Å². The molecule has 6 nitrogen and oxygen atoms in total. The zero-order chi connectivity index (χ0) is 19.3. The first kappa shape index (κ1) is 17.4. The van der Waals surface area contributed by atoms with Crippen LogP contribution in [0.4, 0.5) is 11.5 Å². The molecule has 4 aromatic rings. The lowest BCUT2D eigenvalue weighted by Crippen LogP contribution is -1.99. The van der Waals surface area contributed by atoms with E-state index in [1.165, 1.54) is 6.33 Å². The second-order valence-electron chi connectivity index (χ2n) is 6.05. The molecule has 0 bridgehead atoms. The molecular weight excluding hydrogens is 352 g/mol. The Morgan fingerprint density at radius 3 is 1.93 bits per heavy atom. The molecule has 0 spiro atoms. The molecule has 0 saturated carbocycles. The molecule has 0 saturated heterocycles. The van der Waals surface area contributed by atoms with Gasteiger partial charge >= 0.3 is 0 Å². The molecule has 1 heterocycles. The van der Waals surface area contributed by atoms with E-state index >= 15 is 0 Å². The summed E-state index contributed by atoms with van der Waals surface area (Å²) in [5.41, 5.74) is 13.9. The molecule has 28 heavy (non-hydrogen) atoms. The quantitative estimate of drug-likeness (QED) is 0.485. The first-order valence-electron chi connectivity index (χ1n) is 8.66. The van der Waals surface area contributed by atoms with Gasteiger partial charge in [-0.15, -0.1) is 0 Å². The van der Waals surface area contributed by atoms with Crippen molar-refractivity contribution >= 4 is 11.5 Å². The van der Waals surface area contributed by atoms with Gasteiger partial charge in [-0.3, -0.25) is 0 Å². The summed E-state index contributed by atoms with van der Waals surface area (Å²) in [6.07, 6.45) is 1.37. The van der Waals surface area contributed by atoms with Gasteiger partial charge in [-0.2, -0.15) is 0 Å². The summed E-state index contributed by atoms with van der Waals surface area (Å²) in [6.45, 7) is 0. The Hall–Kier alpha value is -4.06. The summed E-state index contributed by atoms with van der Waals surface area (Å²) in [6, 6.07) is 24.2. The highest BCUT2D eigenvalue weighted by Gasteiger charge is 2.14. The Balaban J connectivity index is 1.62. The zero-order valence-electron chi connectivity index (χ0n) is 14.9. The molecule has 0 atom stereocenters. The molecule has 0 aliphatic heterocycles. The van der Waals surface area contributed by atoms with Crippen molar-refractivity contribution in [2.24, 2.45) is 0 Å². The van der Waals surface area contributed by atoms with E-state index in [9.17, 15) is 0 Å². The van der Waals surface area contributed by atoms with Crippen LogP contribution in [0, 0.1) is 0 Å². The predicted molar refractivity (Wildman–Crippen MR) is 109 cm³/mol. The lowest BCUT2D eigenvalue weighted by Gasteiger charge is -2.12. The normalized spacial score (nSPS) is 10.4. The first-order chi connectivity index (χ1) is 13.7. The van der Waals surface area contributed by atoms with Gasteiger partial charge < -0.3 is 20.9 Å². The minimum Gasteiger partial charge on any atom is -0.457 e.